The number of amides is 1. The van der Waals surface area contributed by atoms with E-state index in [1.54, 1.807) is 0 Å². The molecule has 1 saturated heterocycles. The molecule has 5 nitrogen and oxygen atoms in total. The van der Waals surface area contributed by atoms with Gasteiger partial charge in [-0.25, -0.2) is 13.9 Å². The molecule has 2 N–H and O–H groups in total. The lowest BCUT2D eigenvalue weighted by molar-refractivity contribution is -0.129. The Balaban J connectivity index is 2.62. The van der Waals surface area contributed by atoms with E-state index < -0.39 is 21.0 Å². The fourth-order valence-corrected chi connectivity index (χ4v) is 3.37. The van der Waals surface area contributed by atoms with E-state index in [-0.39, 0.29) is 12.2 Å². The van der Waals surface area contributed by atoms with Crippen molar-refractivity contribution in [2.75, 3.05) is 5.75 Å². The zero-order valence-corrected chi connectivity index (χ0v) is 8.01. The van der Waals surface area contributed by atoms with E-state index in [4.69, 9.17) is 5.21 Å². The van der Waals surface area contributed by atoms with Crippen LogP contribution in [-0.4, -0.2) is 30.5 Å². The molecule has 0 radical (unpaired) electrons. The second-order valence-electron chi connectivity index (χ2n) is 3.22. The van der Waals surface area contributed by atoms with Gasteiger partial charge in [-0.05, 0) is 12.8 Å². The molecule has 1 atom stereocenters. The number of nitrogens with one attached hydrogen (secondary N) is 1. The minimum atomic E-state index is -3.10. The lowest BCUT2D eigenvalue weighted by atomic mass is 10.1. The lowest BCUT2D eigenvalue weighted by Crippen LogP contribution is -2.33. The SMILES string of the molecule is O=C(CC1CCCCS1(=O)=O)NO. The Labute approximate surface area is 77.0 Å². The first kappa shape index (κ1) is 10.5. The summed E-state index contributed by atoms with van der Waals surface area (Å²) >= 11 is 0. The van der Waals surface area contributed by atoms with Crippen LogP contribution in [-0.2, 0) is 14.6 Å². The third-order valence-electron chi connectivity index (χ3n) is 2.25. The van der Waals surface area contributed by atoms with Crippen molar-refractivity contribution < 1.29 is 18.4 Å². The molecule has 1 heterocycles. The van der Waals surface area contributed by atoms with Gasteiger partial charge in [0.15, 0.2) is 9.84 Å². The second-order valence-corrected chi connectivity index (χ2v) is 5.62. The first-order valence-electron chi connectivity index (χ1n) is 4.21. The molecular weight excluding hydrogens is 194 g/mol. The van der Waals surface area contributed by atoms with Gasteiger partial charge in [0.25, 0.3) is 0 Å². The monoisotopic (exact) mass is 207 g/mol. The highest BCUT2D eigenvalue weighted by molar-refractivity contribution is 7.92. The van der Waals surface area contributed by atoms with Gasteiger partial charge in [0.05, 0.1) is 11.0 Å². The number of hydroxylamine groups is 1. The van der Waals surface area contributed by atoms with Crippen molar-refractivity contribution in [2.45, 2.75) is 30.9 Å². The maximum Gasteiger partial charge on any atom is 0.244 e. The molecule has 6 heteroatoms. The van der Waals surface area contributed by atoms with Crippen molar-refractivity contribution in [2.24, 2.45) is 0 Å². The van der Waals surface area contributed by atoms with Crippen molar-refractivity contribution in [1.29, 1.82) is 0 Å². The Kier molecular flexibility index (Phi) is 3.27. The van der Waals surface area contributed by atoms with Gasteiger partial charge >= 0.3 is 0 Å². The van der Waals surface area contributed by atoms with Gasteiger partial charge in [-0.3, -0.25) is 10.0 Å². The summed E-state index contributed by atoms with van der Waals surface area (Å²) in [7, 11) is -3.10. The van der Waals surface area contributed by atoms with E-state index >= 15 is 0 Å². The third-order valence-corrected chi connectivity index (χ3v) is 4.53. The molecule has 1 amide bonds. The Hall–Kier alpha value is -0.620. The Morgan fingerprint density at radius 2 is 2.15 bits per heavy atom. The van der Waals surface area contributed by atoms with Crippen LogP contribution in [0.4, 0.5) is 0 Å². The molecule has 0 aromatic carbocycles. The van der Waals surface area contributed by atoms with Crippen molar-refractivity contribution in [3.8, 4) is 0 Å². The van der Waals surface area contributed by atoms with Gasteiger partial charge in [-0.1, -0.05) is 6.42 Å². The van der Waals surface area contributed by atoms with Crippen molar-refractivity contribution in [3.05, 3.63) is 0 Å². The standard InChI is InChI=1S/C7H13NO4S/c9-7(8-10)5-6-3-1-2-4-13(6,11)12/h6,10H,1-5H2,(H,8,9). The Morgan fingerprint density at radius 1 is 1.46 bits per heavy atom. The van der Waals surface area contributed by atoms with Crippen LogP contribution < -0.4 is 5.48 Å². The highest BCUT2D eigenvalue weighted by Gasteiger charge is 2.30. The quantitative estimate of drug-likeness (QED) is 0.487. The van der Waals surface area contributed by atoms with Crippen molar-refractivity contribution >= 4 is 15.7 Å². The van der Waals surface area contributed by atoms with Gasteiger partial charge in [-0.2, -0.15) is 0 Å². The maximum atomic E-state index is 11.4. The predicted octanol–water partition coefficient (Wildman–Crippen LogP) is -0.151. The van der Waals surface area contributed by atoms with Crippen LogP contribution >= 0.6 is 0 Å². The summed E-state index contributed by atoms with van der Waals surface area (Å²) in [4.78, 5) is 10.7. The molecule has 0 aliphatic carbocycles. The van der Waals surface area contributed by atoms with Crippen LogP contribution in [0.25, 0.3) is 0 Å². The van der Waals surface area contributed by atoms with Crippen molar-refractivity contribution in [1.82, 2.24) is 5.48 Å². The molecule has 76 valence electrons. The van der Waals surface area contributed by atoms with Crippen LogP contribution in [0.2, 0.25) is 0 Å². The summed E-state index contributed by atoms with van der Waals surface area (Å²) in [5.41, 5.74) is 1.45. The van der Waals surface area contributed by atoms with Crippen LogP contribution in [0.15, 0.2) is 0 Å². The minimum absolute atomic E-state index is 0.126. The van der Waals surface area contributed by atoms with E-state index in [1.165, 1.54) is 5.48 Å². The summed E-state index contributed by atoms with van der Waals surface area (Å²) in [5.74, 6) is -0.466. The first-order chi connectivity index (χ1) is 6.06. The van der Waals surface area contributed by atoms with E-state index in [9.17, 15) is 13.2 Å². The smallest absolute Gasteiger partial charge is 0.244 e. The van der Waals surface area contributed by atoms with Gasteiger partial charge in [0.1, 0.15) is 0 Å². The van der Waals surface area contributed by atoms with E-state index in [0.717, 1.165) is 6.42 Å². The minimum Gasteiger partial charge on any atom is -0.289 e. The van der Waals surface area contributed by atoms with Crippen LogP contribution in [0.5, 0.6) is 0 Å². The summed E-state index contributed by atoms with van der Waals surface area (Å²) in [6, 6.07) is 0. The first-order valence-corrected chi connectivity index (χ1v) is 5.92. The molecule has 0 saturated carbocycles. The molecule has 1 aliphatic rings. The third kappa shape index (κ3) is 2.67. The molecule has 1 rings (SSSR count). The maximum absolute atomic E-state index is 11.4. The number of hydrogen-bond acceptors (Lipinski definition) is 4. The molecule has 0 aromatic rings. The second kappa shape index (κ2) is 4.06. The number of sulfone groups is 1. The summed E-state index contributed by atoms with van der Waals surface area (Å²) in [6.45, 7) is 0. The average Bonchev–Trinajstić information content (AvgIpc) is 2.08. The highest BCUT2D eigenvalue weighted by atomic mass is 32.2. The van der Waals surface area contributed by atoms with E-state index in [2.05, 4.69) is 0 Å². The summed E-state index contributed by atoms with van der Waals surface area (Å²) < 4.78 is 22.7. The molecular formula is C7H13NO4S. The van der Waals surface area contributed by atoms with Gasteiger partial charge < -0.3 is 0 Å². The van der Waals surface area contributed by atoms with E-state index in [0.29, 0.717) is 12.8 Å². The lowest BCUT2D eigenvalue weighted by Gasteiger charge is -2.20. The molecule has 0 aromatic heterocycles. The number of rotatable bonds is 2. The highest BCUT2D eigenvalue weighted by Crippen LogP contribution is 2.21. The Bertz CT molecular complexity index is 285. The topological polar surface area (TPSA) is 83.5 Å². The zero-order chi connectivity index (χ0) is 9.90. The summed E-state index contributed by atoms with van der Waals surface area (Å²) in [5, 5.41) is 7.64. The molecule has 0 bridgehead atoms. The predicted molar refractivity (Wildman–Crippen MR) is 46.0 cm³/mol. The number of carbonyl (C=O) groups excluding carboxylic acids is 1. The Morgan fingerprint density at radius 3 is 2.69 bits per heavy atom. The molecule has 0 spiro atoms. The largest absolute Gasteiger partial charge is 0.289 e. The fraction of sp³-hybridized carbons (Fsp3) is 0.857. The average molecular weight is 207 g/mol. The summed E-state index contributed by atoms with van der Waals surface area (Å²) in [6.07, 6.45) is 1.91. The number of carbonyl (C=O) groups is 1. The van der Waals surface area contributed by atoms with Gasteiger partial charge in [0.2, 0.25) is 5.91 Å². The van der Waals surface area contributed by atoms with Crippen LogP contribution in [0.1, 0.15) is 25.7 Å². The molecule has 1 unspecified atom stereocenters. The molecule has 1 fully saturated rings. The number of hydrogen-bond donors (Lipinski definition) is 2. The molecule has 1 aliphatic heterocycles. The normalized spacial score (nSPS) is 26.7. The van der Waals surface area contributed by atoms with Crippen LogP contribution in [0, 0.1) is 0 Å². The van der Waals surface area contributed by atoms with Gasteiger partial charge in [-0.15, -0.1) is 0 Å². The van der Waals surface area contributed by atoms with Crippen LogP contribution in [0.3, 0.4) is 0 Å². The zero-order valence-electron chi connectivity index (χ0n) is 7.19. The van der Waals surface area contributed by atoms with E-state index in [1.807, 2.05) is 0 Å². The van der Waals surface area contributed by atoms with Gasteiger partial charge in [0, 0.05) is 6.42 Å². The fourth-order valence-electron chi connectivity index (χ4n) is 1.50. The van der Waals surface area contributed by atoms with Crippen molar-refractivity contribution in [3.63, 3.8) is 0 Å². The molecule has 13 heavy (non-hydrogen) atoms.